The van der Waals surface area contributed by atoms with E-state index in [-0.39, 0.29) is 23.3 Å². The lowest BCUT2D eigenvalue weighted by Gasteiger charge is -2.36. The molecule has 0 atom stereocenters. The fraction of sp³-hybridized carbons (Fsp3) is 0.450. The molecule has 31 heavy (non-hydrogen) atoms. The second-order valence-corrected chi connectivity index (χ2v) is 7.15. The van der Waals surface area contributed by atoms with E-state index >= 15 is 0 Å². The van der Waals surface area contributed by atoms with Gasteiger partial charge in [0, 0.05) is 59.4 Å². The second kappa shape index (κ2) is 9.90. The molecule has 0 aromatic carbocycles. The summed E-state index contributed by atoms with van der Waals surface area (Å²) < 4.78 is 1.77. The summed E-state index contributed by atoms with van der Waals surface area (Å²) in [7, 11) is 3.39. The van der Waals surface area contributed by atoms with Gasteiger partial charge in [-0.15, -0.1) is 0 Å². The number of piperazine rings is 1. The van der Waals surface area contributed by atoms with E-state index in [1.807, 2.05) is 20.0 Å². The first-order valence-corrected chi connectivity index (χ1v) is 10.1. The normalized spacial score (nSPS) is 14.1. The number of urea groups is 1. The lowest BCUT2D eigenvalue weighted by atomic mass is 10.2. The van der Waals surface area contributed by atoms with Crippen LogP contribution < -0.4 is 20.9 Å². The summed E-state index contributed by atoms with van der Waals surface area (Å²) in [4.78, 5) is 32.1. The number of nitrogens with one attached hydrogen (secondary N) is 3. The van der Waals surface area contributed by atoms with E-state index < -0.39 is 0 Å². The summed E-state index contributed by atoms with van der Waals surface area (Å²) in [5.74, 6) is 0.202. The van der Waals surface area contributed by atoms with Crippen LogP contribution in [0.1, 0.15) is 28.8 Å². The van der Waals surface area contributed by atoms with E-state index in [1.54, 1.807) is 16.8 Å². The zero-order valence-corrected chi connectivity index (χ0v) is 18.0. The SMILES string of the molecule is CCNC(=O)Nc1cc(CN2CCN(c3ccc(C(=O)NC)nc3C#N)CC2)n(C)n1. The van der Waals surface area contributed by atoms with Gasteiger partial charge in [0.1, 0.15) is 11.8 Å². The lowest BCUT2D eigenvalue weighted by Crippen LogP contribution is -2.46. The number of aryl methyl sites for hydroxylation is 1. The molecule has 11 nitrogen and oxygen atoms in total. The average Bonchev–Trinajstić information content (AvgIpc) is 3.11. The third-order valence-corrected chi connectivity index (χ3v) is 5.09. The smallest absolute Gasteiger partial charge is 0.320 e. The van der Waals surface area contributed by atoms with Gasteiger partial charge in [0.2, 0.25) is 0 Å². The molecule has 2 aromatic rings. The largest absolute Gasteiger partial charge is 0.367 e. The Balaban J connectivity index is 1.60. The molecule has 1 aliphatic heterocycles. The van der Waals surface area contributed by atoms with Crippen LogP contribution in [0.2, 0.25) is 0 Å². The standard InChI is InChI=1S/C20H27N9O2/c1-4-23-20(31)25-18-11-14(27(3)26-18)13-28-7-9-29(10-8-28)17-6-5-15(19(30)22-2)24-16(17)12-21/h5-6,11H,4,7-10,13H2,1-3H3,(H,22,30)(H2,23,25,26,31). The molecule has 11 heteroatoms. The highest BCUT2D eigenvalue weighted by atomic mass is 16.2. The number of rotatable bonds is 6. The van der Waals surface area contributed by atoms with Crippen LogP contribution in [0.25, 0.3) is 0 Å². The lowest BCUT2D eigenvalue weighted by molar-refractivity contribution is 0.0958. The molecule has 0 aliphatic carbocycles. The number of aromatic nitrogens is 3. The third-order valence-electron chi connectivity index (χ3n) is 5.09. The summed E-state index contributed by atoms with van der Waals surface area (Å²) in [6.07, 6.45) is 0. The Hall–Kier alpha value is -3.65. The Morgan fingerprint density at radius 2 is 1.97 bits per heavy atom. The second-order valence-electron chi connectivity index (χ2n) is 7.15. The fourth-order valence-corrected chi connectivity index (χ4v) is 3.46. The van der Waals surface area contributed by atoms with Crippen LogP contribution in [-0.2, 0) is 13.6 Å². The first-order chi connectivity index (χ1) is 14.9. The van der Waals surface area contributed by atoms with E-state index in [0.717, 1.165) is 37.6 Å². The first-order valence-electron chi connectivity index (χ1n) is 10.1. The molecule has 1 fully saturated rings. The number of carbonyl (C=O) groups is 2. The highest BCUT2D eigenvalue weighted by Crippen LogP contribution is 2.21. The number of nitrogens with zero attached hydrogens (tertiary/aromatic N) is 6. The maximum atomic E-state index is 11.8. The molecular weight excluding hydrogens is 398 g/mol. The van der Waals surface area contributed by atoms with Crippen molar-refractivity contribution in [2.75, 3.05) is 50.0 Å². The maximum Gasteiger partial charge on any atom is 0.320 e. The molecule has 0 spiro atoms. The molecule has 3 amide bonds. The van der Waals surface area contributed by atoms with Gasteiger partial charge in [-0.25, -0.2) is 9.78 Å². The van der Waals surface area contributed by atoms with Crippen molar-refractivity contribution >= 4 is 23.4 Å². The van der Waals surface area contributed by atoms with Crippen molar-refractivity contribution in [1.82, 2.24) is 30.3 Å². The molecule has 1 aliphatic rings. The number of hydrogen-bond acceptors (Lipinski definition) is 7. The van der Waals surface area contributed by atoms with Gasteiger partial charge in [0.15, 0.2) is 11.5 Å². The number of pyridine rings is 1. The Morgan fingerprint density at radius 3 is 2.61 bits per heavy atom. The average molecular weight is 425 g/mol. The van der Waals surface area contributed by atoms with E-state index in [0.29, 0.717) is 18.9 Å². The van der Waals surface area contributed by atoms with Crippen molar-refractivity contribution in [3.63, 3.8) is 0 Å². The van der Waals surface area contributed by atoms with Crippen molar-refractivity contribution in [2.45, 2.75) is 13.5 Å². The van der Waals surface area contributed by atoms with Crippen LogP contribution in [0.5, 0.6) is 0 Å². The zero-order chi connectivity index (χ0) is 22.4. The van der Waals surface area contributed by atoms with Gasteiger partial charge >= 0.3 is 6.03 Å². The molecule has 3 heterocycles. The van der Waals surface area contributed by atoms with Crippen LogP contribution in [0.3, 0.4) is 0 Å². The van der Waals surface area contributed by atoms with Crippen molar-refractivity contribution in [3.05, 3.63) is 35.3 Å². The Bertz CT molecular complexity index is 987. The minimum absolute atomic E-state index is 0.231. The Morgan fingerprint density at radius 1 is 1.23 bits per heavy atom. The predicted octanol–water partition coefficient (Wildman–Crippen LogP) is 0.510. The topological polar surface area (TPSA) is 131 Å². The minimum atomic E-state index is -0.315. The molecule has 1 saturated heterocycles. The third kappa shape index (κ3) is 5.29. The van der Waals surface area contributed by atoms with Gasteiger partial charge in [0.05, 0.1) is 11.4 Å². The van der Waals surface area contributed by atoms with Crippen molar-refractivity contribution in [3.8, 4) is 6.07 Å². The van der Waals surface area contributed by atoms with E-state index in [2.05, 4.69) is 41.9 Å². The van der Waals surface area contributed by atoms with Gasteiger partial charge in [-0.2, -0.15) is 10.4 Å². The summed E-state index contributed by atoms with van der Waals surface area (Å²) >= 11 is 0. The highest BCUT2D eigenvalue weighted by Gasteiger charge is 2.22. The Labute approximate surface area is 181 Å². The van der Waals surface area contributed by atoms with Crippen LogP contribution in [0, 0.1) is 11.3 Å². The summed E-state index contributed by atoms with van der Waals surface area (Å²) in [6, 6.07) is 7.12. The van der Waals surface area contributed by atoms with Crippen LogP contribution >= 0.6 is 0 Å². The van der Waals surface area contributed by atoms with Crippen LogP contribution in [0.4, 0.5) is 16.3 Å². The minimum Gasteiger partial charge on any atom is -0.367 e. The quantitative estimate of drug-likeness (QED) is 0.614. The molecule has 3 rings (SSSR count). The molecule has 2 aromatic heterocycles. The Kier molecular flexibility index (Phi) is 7.04. The van der Waals surface area contributed by atoms with Gasteiger partial charge < -0.3 is 15.5 Å². The number of nitriles is 1. The predicted molar refractivity (Wildman–Crippen MR) is 116 cm³/mol. The zero-order valence-electron chi connectivity index (χ0n) is 18.0. The summed E-state index contributed by atoms with van der Waals surface area (Å²) in [5.41, 5.74) is 2.22. The van der Waals surface area contributed by atoms with Crippen molar-refractivity contribution in [2.24, 2.45) is 7.05 Å². The van der Waals surface area contributed by atoms with Crippen LogP contribution in [0.15, 0.2) is 18.2 Å². The van der Waals surface area contributed by atoms with Gasteiger partial charge in [-0.3, -0.25) is 19.7 Å². The molecular formula is C20H27N9O2. The first kappa shape index (κ1) is 22.0. The monoisotopic (exact) mass is 425 g/mol. The molecule has 3 N–H and O–H groups in total. The van der Waals surface area contributed by atoms with E-state index in [9.17, 15) is 14.9 Å². The molecule has 0 bridgehead atoms. The molecule has 164 valence electrons. The van der Waals surface area contributed by atoms with Gasteiger partial charge in [0.25, 0.3) is 5.91 Å². The molecule has 0 unspecified atom stereocenters. The molecule has 0 radical (unpaired) electrons. The highest BCUT2D eigenvalue weighted by molar-refractivity contribution is 5.92. The summed E-state index contributed by atoms with van der Waals surface area (Å²) in [6.45, 7) is 6.17. The van der Waals surface area contributed by atoms with Gasteiger partial charge in [-0.05, 0) is 19.1 Å². The number of hydrogen-bond donors (Lipinski definition) is 3. The summed E-state index contributed by atoms with van der Waals surface area (Å²) in [5, 5.41) is 21.7. The number of carbonyl (C=O) groups excluding carboxylic acids is 2. The van der Waals surface area contributed by atoms with E-state index in [4.69, 9.17) is 0 Å². The van der Waals surface area contributed by atoms with Crippen molar-refractivity contribution < 1.29 is 9.59 Å². The molecule has 0 saturated carbocycles. The van der Waals surface area contributed by atoms with E-state index in [1.165, 1.54) is 7.05 Å². The van der Waals surface area contributed by atoms with Crippen LogP contribution in [-0.4, -0.2) is 71.4 Å². The fourth-order valence-electron chi connectivity index (χ4n) is 3.46. The van der Waals surface area contributed by atoms with Crippen molar-refractivity contribution in [1.29, 1.82) is 5.26 Å². The number of anilines is 2. The number of amides is 3. The maximum absolute atomic E-state index is 11.8. The van der Waals surface area contributed by atoms with Gasteiger partial charge in [-0.1, -0.05) is 0 Å².